The van der Waals surface area contributed by atoms with Crippen LogP contribution in [-0.2, 0) is 14.2 Å². The molecule has 0 bridgehead atoms. The molecule has 0 amide bonds. The molecular formula is C68H70Cl2FN9O6. The summed E-state index contributed by atoms with van der Waals surface area (Å²) < 4.78 is 31.4. The molecule has 0 radical (unpaired) electrons. The lowest BCUT2D eigenvalue weighted by atomic mass is 9.91. The lowest BCUT2D eigenvalue weighted by molar-refractivity contribution is -0.0240. The van der Waals surface area contributed by atoms with Gasteiger partial charge in [0.2, 0.25) is 0 Å². The largest absolute Gasteiger partial charge is 0.386 e. The summed E-state index contributed by atoms with van der Waals surface area (Å²) in [7, 11) is 0. The molecule has 3 N–H and O–H groups in total. The summed E-state index contributed by atoms with van der Waals surface area (Å²) >= 11 is 12.6. The molecule has 86 heavy (non-hydrogen) atoms. The fourth-order valence-corrected chi connectivity index (χ4v) is 11.8. The van der Waals surface area contributed by atoms with Gasteiger partial charge in [0, 0.05) is 133 Å². The van der Waals surface area contributed by atoms with E-state index in [-0.39, 0.29) is 23.9 Å². The predicted octanol–water partition coefficient (Wildman–Crippen LogP) is 11.8. The van der Waals surface area contributed by atoms with Gasteiger partial charge >= 0.3 is 0 Å². The molecule has 6 aromatic heterocycles. The Morgan fingerprint density at radius 2 is 0.849 bits per heavy atom. The number of hydrogen-bond donors (Lipinski definition) is 3. The molecule has 3 saturated heterocycles. The third-order valence-corrected chi connectivity index (χ3v) is 16.3. The SMILES string of the molecule is Cc1cccc(-c2ncccc2[C@@H](O)[C@H](c2cccnc2)N2CCOCC2)c1.Cc1cccc(-c2ncccc2[C@@H](O)[C@H](c2cccnc2)N2CCOCC2)c1F.O[C@H](c1cccnc1-c1cc(Cl)ccc1Cl)[C@H](c1cccnc1)N1CCOCC1. The van der Waals surface area contributed by atoms with Crippen molar-refractivity contribution in [1.82, 2.24) is 44.6 Å². The molecule has 9 heterocycles. The van der Waals surface area contributed by atoms with Gasteiger partial charge in [0.25, 0.3) is 0 Å². The molecule has 444 valence electrons. The second-order valence-electron chi connectivity index (χ2n) is 21.2. The summed E-state index contributed by atoms with van der Waals surface area (Å²) in [5.74, 6) is -0.316. The van der Waals surface area contributed by atoms with Crippen molar-refractivity contribution in [3.8, 4) is 33.8 Å². The highest BCUT2D eigenvalue weighted by atomic mass is 35.5. The van der Waals surface area contributed by atoms with Crippen molar-refractivity contribution < 1.29 is 33.9 Å². The number of aliphatic hydroxyl groups is 3. The van der Waals surface area contributed by atoms with Crippen LogP contribution < -0.4 is 0 Å². The van der Waals surface area contributed by atoms with Gasteiger partial charge in [0.15, 0.2) is 0 Å². The molecule has 3 fully saturated rings. The zero-order valence-electron chi connectivity index (χ0n) is 48.1. The molecule has 18 heteroatoms. The number of halogens is 3. The summed E-state index contributed by atoms with van der Waals surface area (Å²) in [6.07, 6.45) is 13.2. The molecule has 0 aliphatic carbocycles. The lowest BCUT2D eigenvalue weighted by Gasteiger charge is -2.37. The monoisotopic (exact) mass is 1200 g/mol. The smallest absolute Gasteiger partial charge is 0.135 e. The maximum atomic E-state index is 14.9. The average Bonchev–Trinajstić information content (AvgIpc) is 2.28. The molecule has 3 aliphatic heterocycles. The van der Waals surface area contributed by atoms with E-state index in [0.717, 1.165) is 59.7 Å². The first-order valence-corrected chi connectivity index (χ1v) is 29.6. The van der Waals surface area contributed by atoms with Crippen LogP contribution in [0.4, 0.5) is 4.39 Å². The third-order valence-electron chi connectivity index (χ3n) is 15.7. The van der Waals surface area contributed by atoms with Gasteiger partial charge in [-0.15, -0.1) is 0 Å². The summed E-state index contributed by atoms with van der Waals surface area (Å²) in [6, 6.07) is 40.7. The van der Waals surface area contributed by atoms with Crippen LogP contribution in [0.3, 0.4) is 0 Å². The number of ether oxygens (including phenoxy) is 3. The minimum absolute atomic E-state index is 0.203. The first-order chi connectivity index (χ1) is 42.0. The zero-order chi connectivity index (χ0) is 59.8. The molecule has 12 rings (SSSR count). The van der Waals surface area contributed by atoms with Gasteiger partial charge in [0.05, 0.1) is 79.9 Å². The normalized spacial score (nSPS) is 17.1. The predicted molar refractivity (Wildman–Crippen MR) is 331 cm³/mol. The van der Waals surface area contributed by atoms with E-state index >= 15 is 0 Å². The Bertz CT molecular complexity index is 3480. The number of aromatic nitrogens is 6. The summed E-state index contributed by atoms with van der Waals surface area (Å²) in [5, 5.41) is 35.7. The standard InChI is InChI=1S/C23H24FN3O2.C23H25N3O2.C22H21Cl2N3O2/c1-16-5-2-7-18(20(16)24)21-19(8-4-10-26-21)23(28)22(17-6-3-9-25-15-17)27-11-13-29-14-12-27;1-17-5-2-6-18(15-17)21-20(8-4-10-25-21)23(27)22(19-7-3-9-24-16-19)26-11-13-28-14-12-26;23-16-5-6-19(24)18(13-16)20-17(4-2-8-26-20)22(28)21(15-3-1-7-25-14-15)27-9-11-29-12-10-27/h2-10,15,22-23,28H,11-14H2,1H3;2-10,15-16,22-23,27H,11-14H2,1H3;1-8,13-14,21-22,28H,9-12H2/t2*22-,23+;21-,22+/m000/s1. The Balaban J connectivity index is 0.000000143. The quantitative estimate of drug-likeness (QED) is 0.0883. The molecule has 9 aromatic rings. The first-order valence-electron chi connectivity index (χ1n) is 28.9. The maximum absolute atomic E-state index is 14.9. The number of aliphatic hydroxyl groups excluding tert-OH is 3. The van der Waals surface area contributed by atoms with E-state index in [1.165, 1.54) is 5.56 Å². The Kier molecular flexibility index (Phi) is 21.8. The van der Waals surface area contributed by atoms with Crippen molar-refractivity contribution in [3.05, 3.63) is 250 Å². The summed E-state index contributed by atoms with van der Waals surface area (Å²) in [4.78, 5) is 33.0. The molecule has 0 spiro atoms. The van der Waals surface area contributed by atoms with Crippen LogP contribution in [-0.4, -0.2) is 139 Å². The van der Waals surface area contributed by atoms with Crippen molar-refractivity contribution in [3.63, 3.8) is 0 Å². The highest BCUT2D eigenvalue weighted by Gasteiger charge is 2.35. The molecule has 0 unspecified atom stereocenters. The molecule has 0 saturated carbocycles. The van der Waals surface area contributed by atoms with E-state index in [4.69, 9.17) is 37.4 Å². The zero-order valence-corrected chi connectivity index (χ0v) is 49.6. The van der Waals surface area contributed by atoms with Crippen LogP contribution in [0.15, 0.2) is 189 Å². The van der Waals surface area contributed by atoms with Gasteiger partial charge in [-0.25, -0.2) is 4.39 Å². The fourth-order valence-electron chi connectivity index (χ4n) is 11.5. The van der Waals surface area contributed by atoms with Crippen molar-refractivity contribution in [1.29, 1.82) is 0 Å². The number of aryl methyl sites for hydroxylation is 2. The maximum Gasteiger partial charge on any atom is 0.135 e. The van der Waals surface area contributed by atoms with E-state index in [1.54, 1.807) is 99.0 Å². The number of morpholine rings is 3. The number of pyridine rings is 6. The van der Waals surface area contributed by atoms with Crippen LogP contribution in [0.25, 0.3) is 33.8 Å². The van der Waals surface area contributed by atoms with Crippen LogP contribution in [0, 0.1) is 19.7 Å². The van der Waals surface area contributed by atoms with Crippen molar-refractivity contribution >= 4 is 23.2 Å². The van der Waals surface area contributed by atoms with E-state index in [9.17, 15) is 19.7 Å². The Morgan fingerprint density at radius 3 is 1.28 bits per heavy atom. The summed E-state index contributed by atoms with van der Waals surface area (Å²) in [5.41, 5.74) is 10.7. The molecule has 6 atom stereocenters. The summed E-state index contributed by atoms with van der Waals surface area (Å²) in [6.45, 7) is 12.0. The highest BCUT2D eigenvalue weighted by molar-refractivity contribution is 6.35. The first kappa shape index (κ1) is 61.8. The van der Waals surface area contributed by atoms with Crippen molar-refractivity contribution in [2.75, 3.05) is 78.9 Å². The molecular weight excluding hydrogens is 1130 g/mol. The topological polar surface area (TPSA) is 175 Å². The van der Waals surface area contributed by atoms with E-state index in [2.05, 4.69) is 63.7 Å². The number of nitrogens with zero attached hydrogens (tertiary/aromatic N) is 9. The number of benzene rings is 3. The van der Waals surface area contributed by atoms with Crippen molar-refractivity contribution in [2.24, 2.45) is 0 Å². The highest BCUT2D eigenvalue weighted by Crippen LogP contribution is 2.43. The van der Waals surface area contributed by atoms with Crippen LogP contribution in [0.2, 0.25) is 10.0 Å². The Hall–Kier alpha value is -7.29. The van der Waals surface area contributed by atoms with Gasteiger partial charge in [-0.3, -0.25) is 44.6 Å². The van der Waals surface area contributed by atoms with Gasteiger partial charge < -0.3 is 29.5 Å². The van der Waals surface area contributed by atoms with Crippen LogP contribution >= 0.6 is 23.2 Å². The fraction of sp³-hybridized carbons (Fsp3) is 0.294. The number of rotatable bonds is 15. The van der Waals surface area contributed by atoms with Crippen LogP contribution in [0.5, 0.6) is 0 Å². The van der Waals surface area contributed by atoms with Gasteiger partial charge in [-0.05, 0) is 103 Å². The minimum atomic E-state index is -0.902. The third kappa shape index (κ3) is 15.1. The van der Waals surface area contributed by atoms with E-state index in [1.807, 2.05) is 85.1 Å². The van der Waals surface area contributed by atoms with Gasteiger partial charge in [-0.2, -0.15) is 0 Å². The molecule has 3 aliphatic rings. The van der Waals surface area contributed by atoms with Crippen molar-refractivity contribution in [2.45, 2.75) is 50.3 Å². The molecule has 15 nitrogen and oxygen atoms in total. The minimum Gasteiger partial charge on any atom is -0.386 e. The van der Waals surface area contributed by atoms with Gasteiger partial charge in [-0.1, -0.05) is 95.5 Å². The van der Waals surface area contributed by atoms with Crippen LogP contribution in [0.1, 0.15) is 80.9 Å². The lowest BCUT2D eigenvalue weighted by Crippen LogP contribution is -2.41. The second-order valence-corrected chi connectivity index (χ2v) is 22.1. The average molecular weight is 1200 g/mol. The Labute approximate surface area is 511 Å². The Morgan fingerprint density at radius 1 is 0.442 bits per heavy atom. The van der Waals surface area contributed by atoms with Gasteiger partial charge in [0.1, 0.15) is 24.1 Å². The van der Waals surface area contributed by atoms with E-state index < -0.39 is 18.3 Å². The number of hydrogen-bond acceptors (Lipinski definition) is 15. The second kappa shape index (κ2) is 30.4. The van der Waals surface area contributed by atoms with E-state index in [0.29, 0.717) is 102 Å². The molecule has 3 aromatic carbocycles.